The number of para-hydroxylation sites is 3. The standard InChI is InChI=1S/C71H106N20O9/c1-2-3-4-5-6-7-8-9-10-11-12-34-61(92)85-54(31-21-36-79-69(73)74)62(93)89-58(39-45-42-82-51-27-16-13-24-48(45)51)65(96)86-55(32-22-37-80-70(75)76)63(94)90-59(40-46-43-83-52-28-17-14-25-49(46)52)66(97)87-56(33-23-38-81-71(77)78)64(95)91-60(41-47-44-84-53-29-18-15-26-50(47)53)67(98)88-57(68(99)100)30-19-20-35-72/h13-18,24-29,42-44,54-60,82-84H,2-12,19-23,30-41,72H2,1H3,(H,85,92)(H,86,96)(H,87,97)(H,88,98)(H,89,93)(H,90,94)(H,91,95)(H,99,100)(H4,73,74,79)(H4,75,76,80)(H4,77,78,81)/t54-,55-,56-,57-,58-,59-,60-/m0/s1. The maximum Gasteiger partial charge on any atom is 0.326 e. The highest BCUT2D eigenvalue weighted by molar-refractivity contribution is 5.99. The Hall–Kier alpha value is -10.2. The first-order valence-electron chi connectivity index (χ1n) is 35.1. The number of benzene rings is 3. The summed E-state index contributed by atoms with van der Waals surface area (Å²) in [5.41, 5.74) is 43.9. The van der Waals surface area contributed by atoms with Gasteiger partial charge in [-0.15, -0.1) is 0 Å². The molecule has 100 heavy (non-hydrogen) atoms. The molecule has 0 spiro atoms. The van der Waals surface area contributed by atoms with Crippen molar-refractivity contribution in [2.75, 3.05) is 26.2 Å². The zero-order valence-electron chi connectivity index (χ0n) is 57.6. The molecule has 0 saturated carbocycles. The van der Waals surface area contributed by atoms with E-state index >= 15 is 14.4 Å². The van der Waals surface area contributed by atoms with Crippen LogP contribution in [-0.2, 0) is 57.6 Å². The quantitative estimate of drug-likeness (QED) is 0.0147. The van der Waals surface area contributed by atoms with E-state index in [4.69, 9.17) is 40.1 Å². The first-order chi connectivity index (χ1) is 48.2. The molecule has 29 heteroatoms. The lowest BCUT2D eigenvalue weighted by Crippen LogP contribution is -2.60. The van der Waals surface area contributed by atoms with Crippen LogP contribution in [-0.4, -0.2) is 154 Å². The summed E-state index contributed by atoms with van der Waals surface area (Å²) in [6.45, 7) is 2.72. The number of aromatic nitrogens is 3. The third-order valence-electron chi connectivity index (χ3n) is 17.5. The summed E-state index contributed by atoms with van der Waals surface area (Å²) in [6, 6.07) is 12.4. The monoisotopic (exact) mass is 1380 g/mol. The first-order valence-corrected chi connectivity index (χ1v) is 35.1. The fraction of sp³-hybridized carbons (Fsp3) is 0.507. The molecule has 3 heterocycles. The van der Waals surface area contributed by atoms with Gasteiger partial charge in [0.25, 0.3) is 0 Å². The number of carbonyl (C=O) groups excluding carboxylic acids is 7. The molecule has 0 unspecified atom stereocenters. The zero-order chi connectivity index (χ0) is 72.2. The summed E-state index contributed by atoms with van der Waals surface area (Å²) in [4.78, 5) is 138. The molecule has 0 radical (unpaired) electrons. The Kier molecular flexibility index (Phi) is 33.6. The molecule has 3 aromatic heterocycles. The summed E-state index contributed by atoms with van der Waals surface area (Å²) in [5, 5.41) is 32.2. The lowest BCUT2D eigenvalue weighted by atomic mass is 10.0. The molecule has 0 aliphatic carbocycles. The van der Waals surface area contributed by atoms with Crippen LogP contribution in [0, 0.1) is 0 Å². The highest BCUT2D eigenvalue weighted by Crippen LogP contribution is 2.24. The van der Waals surface area contributed by atoms with Crippen molar-refractivity contribution in [3.8, 4) is 0 Å². The number of unbranched alkanes of at least 4 members (excludes halogenated alkanes) is 11. The van der Waals surface area contributed by atoms with Gasteiger partial charge in [0.2, 0.25) is 41.4 Å². The smallest absolute Gasteiger partial charge is 0.326 e. The van der Waals surface area contributed by atoms with Crippen LogP contribution >= 0.6 is 0 Å². The van der Waals surface area contributed by atoms with E-state index in [9.17, 15) is 29.1 Å². The predicted octanol–water partition coefficient (Wildman–Crippen LogP) is 3.63. The molecule has 0 saturated heterocycles. The molecule has 0 fully saturated rings. The van der Waals surface area contributed by atoms with Crippen molar-refractivity contribution in [2.24, 2.45) is 55.1 Å². The van der Waals surface area contributed by atoms with Crippen LogP contribution in [0.3, 0.4) is 0 Å². The van der Waals surface area contributed by atoms with E-state index in [1.807, 2.05) is 72.8 Å². The maximum atomic E-state index is 15.3. The number of hydrogen-bond donors (Lipinski definition) is 18. The summed E-state index contributed by atoms with van der Waals surface area (Å²) in [7, 11) is 0. The second-order valence-electron chi connectivity index (χ2n) is 25.4. The second kappa shape index (κ2) is 42.6. The molecule has 25 N–H and O–H groups in total. The Bertz CT molecular complexity index is 3680. The molecule has 0 aliphatic rings. The lowest BCUT2D eigenvalue weighted by Gasteiger charge is -2.28. The summed E-state index contributed by atoms with van der Waals surface area (Å²) in [6.07, 6.45) is 18.4. The van der Waals surface area contributed by atoms with E-state index in [1.165, 1.54) is 38.5 Å². The van der Waals surface area contributed by atoms with E-state index in [1.54, 1.807) is 18.6 Å². The number of carbonyl (C=O) groups is 8. The third kappa shape index (κ3) is 26.9. The molecule has 0 bridgehead atoms. The molecule has 6 aromatic rings. The third-order valence-corrected chi connectivity index (χ3v) is 17.5. The van der Waals surface area contributed by atoms with Crippen LogP contribution < -0.4 is 77.4 Å². The van der Waals surface area contributed by atoms with Crippen molar-refractivity contribution in [3.05, 3.63) is 108 Å². The number of aromatic amines is 3. The van der Waals surface area contributed by atoms with E-state index in [-0.39, 0.29) is 114 Å². The number of aliphatic carboxylic acids is 1. The van der Waals surface area contributed by atoms with Crippen molar-refractivity contribution in [3.63, 3.8) is 0 Å². The average molecular weight is 1380 g/mol. The molecular formula is C71H106N20O9. The van der Waals surface area contributed by atoms with Crippen LogP contribution in [0.4, 0.5) is 0 Å². The molecule has 0 aliphatic heterocycles. The fourth-order valence-corrected chi connectivity index (χ4v) is 12.1. The normalized spacial score (nSPS) is 13.3. The number of nitrogens with zero attached hydrogens (tertiary/aromatic N) is 3. The van der Waals surface area contributed by atoms with Crippen LogP contribution in [0.2, 0.25) is 0 Å². The van der Waals surface area contributed by atoms with E-state index in [0.29, 0.717) is 47.9 Å². The van der Waals surface area contributed by atoms with Gasteiger partial charge in [0.05, 0.1) is 0 Å². The van der Waals surface area contributed by atoms with Gasteiger partial charge in [-0.2, -0.15) is 0 Å². The first kappa shape index (κ1) is 78.8. The Labute approximate surface area is 583 Å². The number of aliphatic imine (C=N–C) groups is 3. The Balaban J connectivity index is 1.31. The van der Waals surface area contributed by atoms with Gasteiger partial charge < -0.3 is 97.4 Å². The Morgan fingerprint density at radius 2 is 0.680 bits per heavy atom. The number of carboxylic acids is 1. The van der Waals surface area contributed by atoms with Crippen LogP contribution in [0.15, 0.2) is 106 Å². The number of carboxylic acid groups (broad SMARTS) is 1. The number of hydrogen-bond acceptors (Lipinski definition) is 12. The van der Waals surface area contributed by atoms with Crippen LogP contribution in [0.25, 0.3) is 32.7 Å². The molecule has 7 atom stereocenters. The highest BCUT2D eigenvalue weighted by Gasteiger charge is 2.35. The molecule has 29 nitrogen and oxygen atoms in total. The number of nitrogens with two attached hydrogens (primary N) is 7. The molecule has 6 rings (SSSR count). The van der Waals surface area contributed by atoms with Crippen LogP contribution in [0.1, 0.15) is 158 Å². The summed E-state index contributed by atoms with van der Waals surface area (Å²) in [5.74, 6) is -7.01. The second-order valence-corrected chi connectivity index (χ2v) is 25.4. The van der Waals surface area contributed by atoms with Gasteiger partial charge in [-0.3, -0.25) is 48.5 Å². The molecule has 3 aromatic carbocycles. The van der Waals surface area contributed by atoms with E-state index in [2.05, 4.69) is 74.1 Å². The van der Waals surface area contributed by atoms with Gasteiger partial charge in [0.15, 0.2) is 17.9 Å². The van der Waals surface area contributed by atoms with Gasteiger partial charge >= 0.3 is 5.97 Å². The van der Waals surface area contributed by atoms with Crippen molar-refractivity contribution < 1.29 is 43.5 Å². The summed E-state index contributed by atoms with van der Waals surface area (Å²) >= 11 is 0. The number of H-pyrrole nitrogens is 3. The molecular weight excluding hydrogens is 1280 g/mol. The average Bonchev–Trinajstić information content (AvgIpc) is 1.65. The van der Waals surface area contributed by atoms with Gasteiger partial charge in [0.1, 0.15) is 42.3 Å². The Morgan fingerprint density at radius 3 is 1.02 bits per heavy atom. The predicted molar refractivity (Wildman–Crippen MR) is 391 cm³/mol. The Morgan fingerprint density at radius 1 is 0.380 bits per heavy atom. The van der Waals surface area contributed by atoms with Gasteiger partial charge in [0, 0.05) is 96.6 Å². The fourth-order valence-electron chi connectivity index (χ4n) is 12.1. The number of guanidine groups is 3. The van der Waals surface area contributed by atoms with Gasteiger partial charge in [-0.25, -0.2) is 4.79 Å². The van der Waals surface area contributed by atoms with E-state index < -0.39 is 83.7 Å². The van der Waals surface area contributed by atoms with Gasteiger partial charge in [-0.05, 0) is 106 Å². The van der Waals surface area contributed by atoms with Crippen molar-refractivity contribution >= 4 is 97.9 Å². The highest BCUT2D eigenvalue weighted by atomic mass is 16.4. The zero-order valence-corrected chi connectivity index (χ0v) is 57.6. The topological polar surface area (TPSA) is 508 Å². The minimum atomic E-state index is -1.48. The maximum absolute atomic E-state index is 15.3. The lowest BCUT2D eigenvalue weighted by molar-refractivity contribution is -0.142. The van der Waals surface area contributed by atoms with Crippen LogP contribution in [0.5, 0.6) is 0 Å². The minimum Gasteiger partial charge on any atom is -0.480 e. The number of fused-ring (bicyclic) bond motifs is 3. The largest absolute Gasteiger partial charge is 0.480 e. The van der Waals surface area contributed by atoms with Crippen molar-refractivity contribution in [2.45, 2.75) is 203 Å². The molecule has 544 valence electrons. The van der Waals surface area contributed by atoms with Crippen molar-refractivity contribution in [1.29, 1.82) is 0 Å². The van der Waals surface area contributed by atoms with E-state index in [0.717, 1.165) is 53.0 Å². The number of rotatable bonds is 48. The number of amides is 7. The SMILES string of the molecule is CCCCCCCCCCCCCC(=O)N[C@@H](CCCN=C(N)N)C(=O)N[C@@H](Cc1c[nH]c2ccccc12)C(=O)N[C@@H](CCCN=C(N)N)C(=O)N[C@@H](Cc1c[nH]c2ccccc12)C(=O)N[C@@H](CCCN=C(N)N)C(=O)N[C@@H](Cc1c[nH]c2ccccc12)C(=O)N[C@@H](CCCCN)C(=O)O. The minimum absolute atomic E-state index is 0.0248. The summed E-state index contributed by atoms with van der Waals surface area (Å²) < 4.78 is 0. The van der Waals surface area contributed by atoms with Gasteiger partial charge in [-0.1, -0.05) is 126 Å². The van der Waals surface area contributed by atoms with Crippen molar-refractivity contribution in [1.82, 2.24) is 52.2 Å². The number of nitrogens with one attached hydrogen (secondary N) is 10. The molecule has 7 amide bonds.